The van der Waals surface area contributed by atoms with E-state index >= 15 is 0 Å². The largest absolute Gasteiger partial charge is 0.378 e. The first-order valence-electron chi connectivity index (χ1n) is 6.42. The average molecular weight is 389 g/mol. The van der Waals surface area contributed by atoms with Crippen LogP contribution < -0.4 is 10.2 Å². The van der Waals surface area contributed by atoms with Gasteiger partial charge in [-0.05, 0) is 25.1 Å². The van der Waals surface area contributed by atoms with E-state index in [9.17, 15) is 4.79 Å². The monoisotopic (exact) mass is 387 g/mol. The molecule has 0 radical (unpaired) electrons. The summed E-state index contributed by atoms with van der Waals surface area (Å²) in [6.07, 6.45) is 0. The Kier molecular flexibility index (Phi) is 5.61. The zero-order valence-electron chi connectivity index (χ0n) is 11.7. The van der Waals surface area contributed by atoms with Crippen LogP contribution in [0.25, 0.3) is 0 Å². The first-order valence-corrected chi connectivity index (χ1v) is 8.47. The topological polar surface area (TPSA) is 45.2 Å². The van der Waals surface area contributed by atoms with Gasteiger partial charge in [-0.2, -0.15) is 0 Å². The minimum atomic E-state index is 0.00129. The van der Waals surface area contributed by atoms with E-state index in [1.807, 2.05) is 30.5 Å². The Morgan fingerprint density at radius 3 is 2.95 bits per heavy atom. The number of halogens is 2. The van der Waals surface area contributed by atoms with E-state index in [0.717, 1.165) is 21.0 Å². The van der Waals surface area contributed by atoms with Crippen LogP contribution in [0.3, 0.4) is 0 Å². The van der Waals surface area contributed by atoms with Crippen LogP contribution >= 0.6 is 38.9 Å². The van der Waals surface area contributed by atoms with Gasteiger partial charge in [0.1, 0.15) is 0 Å². The minimum Gasteiger partial charge on any atom is -0.378 e. The van der Waals surface area contributed by atoms with Crippen LogP contribution in [-0.4, -0.2) is 17.4 Å². The standard InChI is InChI=1S/C14H15BrClN3OS/c1-3-19(9(2)20)14-18-11(8-21-14)7-17-13-6-10(15)4-5-12(13)16/h4-6,8,17H,3,7H2,1-2H3. The fourth-order valence-electron chi connectivity index (χ4n) is 1.81. The summed E-state index contributed by atoms with van der Waals surface area (Å²) < 4.78 is 0.960. The third kappa shape index (κ3) is 4.18. The molecule has 1 heterocycles. The van der Waals surface area contributed by atoms with Gasteiger partial charge in [-0.15, -0.1) is 11.3 Å². The number of amides is 1. The number of hydrogen-bond donors (Lipinski definition) is 1. The number of carbonyl (C=O) groups is 1. The second-order valence-corrected chi connectivity index (χ2v) is 6.52. The zero-order chi connectivity index (χ0) is 15.4. The van der Waals surface area contributed by atoms with Crippen molar-refractivity contribution >= 4 is 55.6 Å². The molecule has 0 bridgehead atoms. The van der Waals surface area contributed by atoms with Crippen LogP contribution in [0.4, 0.5) is 10.8 Å². The van der Waals surface area contributed by atoms with E-state index in [-0.39, 0.29) is 5.91 Å². The number of carbonyl (C=O) groups excluding carboxylic acids is 1. The van der Waals surface area contributed by atoms with Gasteiger partial charge in [0, 0.05) is 23.3 Å². The summed E-state index contributed by atoms with van der Waals surface area (Å²) in [6, 6.07) is 5.64. The Hall–Kier alpha value is -1.11. The van der Waals surface area contributed by atoms with Gasteiger partial charge >= 0.3 is 0 Å². The molecule has 0 aliphatic rings. The summed E-state index contributed by atoms with van der Waals surface area (Å²) >= 11 is 11.0. The minimum absolute atomic E-state index is 0.00129. The van der Waals surface area contributed by atoms with Crippen molar-refractivity contribution in [1.29, 1.82) is 0 Å². The number of aromatic nitrogens is 1. The van der Waals surface area contributed by atoms with E-state index in [4.69, 9.17) is 11.6 Å². The number of thiazole rings is 1. The molecule has 0 saturated heterocycles. The molecule has 0 aliphatic heterocycles. The maximum Gasteiger partial charge on any atom is 0.225 e. The lowest BCUT2D eigenvalue weighted by Crippen LogP contribution is -2.27. The van der Waals surface area contributed by atoms with E-state index in [2.05, 4.69) is 26.2 Å². The molecule has 1 N–H and O–H groups in total. The van der Waals surface area contributed by atoms with Crippen molar-refractivity contribution in [1.82, 2.24) is 4.98 Å². The van der Waals surface area contributed by atoms with Gasteiger partial charge in [0.15, 0.2) is 5.13 Å². The molecule has 1 aromatic carbocycles. The highest BCUT2D eigenvalue weighted by molar-refractivity contribution is 9.10. The highest BCUT2D eigenvalue weighted by Gasteiger charge is 2.13. The Bertz CT molecular complexity index is 647. The van der Waals surface area contributed by atoms with Crippen LogP contribution in [-0.2, 0) is 11.3 Å². The second kappa shape index (κ2) is 7.24. The van der Waals surface area contributed by atoms with Crippen LogP contribution in [0.5, 0.6) is 0 Å². The molecule has 0 fully saturated rings. The van der Waals surface area contributed by atoms with E-state index in [0.29, 0.717) is 18.1 Å². The Labute approximate surface area is 141 Å². The third-order valence-electron chi connectivity index (χ3n) is 2.86. The van der Waals surface area contributed by atoms with Gasteiger partial charge in [0.05, 0.1) is 22.9 Å². The number of hydrogen-bond acceptors (Lipinski definition) is 4. The van der Waals surface area contributed by atoms with Gasteiger partial charge in [-0.3, -0.25) is 9.69 Å². The molecule has 21 heavy (non-hydrogen) atoms. The van der Waals surface area contributed by atoms with Crippen molar-refractivity contribution in [2.75, 3.05) is 16.8 Å². The molecule has 0 saturated carbocycles. The summed E-state index contributed by atoms with van der Waals surface area (Å²) in [5, 5.41) is 6.58. The zero-order valence-corrected chi connectivity index (χ0v) is 14.8. The number of benzene rings is 1. The van der Waals surface area contributed by atoms with E-state index in [1.165, 1.54) is 11.3 Å². The smallest absolute Gasteiger partial charge is 0.225 e. The number of nitrogens with one attached hydrogen (secondary N) is 1. The first kappa shape index (κ1) is 16.3. The molecule has 0 aliphatic carbocycles. The molecule has 7 heteroatoms. The lowest BCUT2D eigenvalue weighted by molar-refractivity contribution is -0.116. The van der Waals surface area contributed by atoms with Crippen LogP contribution in [0.15, 0.2) is 28.1 Å². The van der Waals surface area contributed by atoms with E-state index in [1.54, 1.807) is 11.8 Å². The number of rotatable bonds is 5. The molecule has 1 amide bonds. The summed E-state index contributed by atoms with van der Waals surface area (Å²) in [6.45, 7) is 4.65. The lowest BCUT2D eigenvalue weighted by Gasteiger charge is -2.14. The van der Waals surface area contributed by atoms with E-state index < -0.39 is 0 Å². The molecule has 2 rings (SSSR count). The summed E-state index contributed by atoms with van der Waals surface area (Å²) in [5.74, 6) is 0.00129. The molecular weight excluding hydrogens is 374 g/mol. The Balaban J connectivity index is 2.06. The molecule has 112 valence electrons. The van der Waals surface area contributed by atoms with Crippen LogP contribution in [0.2, 0.25) is 5.02 Å². The van der Waals surface area contributed by atoms with Crippen molar-refractivity contribution in [3.8, 4) is 0 Å². The van der Waals surface area contributed by atoms with Crippen LogP contribution in [0, 0.1) is 0 Å². The van der Waals surface area contributed by atoms with Gasteiger partial charge in [-0.1, -0.05) is 27.5 Å². The van der Waals surface area contributed by atoms with Gasteiger partial charge in [0.25, 0.3) is 0 Å². The quantitative estimate of drug-likeness (QED) is 0.817. The van der Waals surface area contributed by atoms with Crippen molar-refractivity contribution in [3.63, 3.8) is 0 Å². The summed E-state index contributed by atoms with van der Waals surface area (Å²) in [4.78, 5) is 17.6. The Morgan fingerprint density at radius 1 is 1.52 bits per heavy atom. The van der Waals surface area contributed by atoms with Gasteiger partial charge in [0.2, 0.25) is 5.91 Å². The van der Waals surface area contributed by atoms with Crippen molar-refractivity contribution < 1.29 is 4.79 Å². The number of anilines is 2. The second-order valence-electron chi connectivity index (χ2n) is 4.36. The van der Waals surface area contributed by atoms with Gasteiger partial charge in [-0.25, -0.2) is 4.98 Å². The van der Waals surface area contributed by atoms with Crippen LogP contribution in [0.1, 0.15) is 19.5 Å². The predicted molar refractivity (Wildman–Crippen MR) is 92.3 cm³/mol. The van der Waals surface area contributed by atoms with Crippen molar-refractivity contribution in [3.05, 3.63) is 38.8 Å². The molecule has 0 atom stereocenters. The molecule has 4 nitrogen and oxygen atoms in total. The predicted octanol–water partition coefficient (Wildman–Crippen LogP) is 4.54. The fraction of sp³-hybridized carbons (Fsp3) is 0.286. The third-order valence-corrected chi connectivity index (χ3v) is 4.59. The summed E-state index contributed by atoms with van der Waals surface area (Å²) in [7, 11) is 0. The van der Waals surface area contributed by atoms with Crippen molar-refractivity contribution in [2.45, 2.75) is 20.4 Å². The first-order chi connectivity index (χ1) is 10.0. The SMILES string of the molecule is CCN(C(C)=O)c1nc(CNc2cc(Br)ccc2Cl)cs1. The summed E-state index contributed by atoms with van der Waals surface area (Å²) in [5.41, 5.74) is 1.73. The average Bonchev–Trinajstić information content (AvgIpc) is 2.89. The molecular formula is C14H15BrClN3OS. The molecule has 2 aromatic rings. The highest BCUT2D eigenvalue weighted by atomic mass is 79.9. The van der Waals surface area contributed by atoms with Crippen molar-refractivity contribution in [2.24, 2.45) is 0 Å². The lowest BCUT2D eigenvalue weighted by atomic mass is 10.3. The molecule has 0 spiro atoms. The van der Waals surface area contributed by atoms with Gasteiger partial charge < -0.3 is 5.32 Å². The number of nitrogens with zero attached hydrogens (tertiary/aromatic N) is 2. The maximum absolute atomic E-state index is 11.5. The normalized spacial score (nSPS) is 10.5. The Morgan fingerprint density at radius 2 is 2.29 bits per heavy atom. The highest BCUT2D eigenvalue weighted by Crippen LogP contribution is 2.27. The molecule has 0 unspecified atom stereocenters. The fourth-order valence-corrected chi connectivity index (χ4v) is 3.29. The molecule has 1 aromatic heterocycles. The maximum atomic E-state index is 11.5.